The van der Waals surface area contributed by atoms with Crippen molar-refractivity contribution >= 4 is 33.3 Å². The number of ether oxygens (including phenoxy) is 1. The van der Waals surface area contributed by atoms with E-state index in [0.717, 1.165) is 6.07 Å². The molecule has 1 saturated heterocycles. The average Bonchev–Trinajstić information content (AvgIpc) is 3.37. The number of aliphatic carboxylic acids is 1. The lowest BCUT2D eigenvalue weighted by atomic mass is 9.81. The molecule has 5 rings (SSSR count). The standard InChI is InChI=1S/C28H26ClF6NO7S/c29-18-6-8-19(9-7-18)44(41,42)25-11-12-36(23(37)15-1-3-16(4-2-15)24(38)39)22(25)14-43-21-13-17(5-10-20(21)25)26(40,27(30,31)32)28(33,34)35/h5-10,13,15-16,22,40H,1-4,11-12,14H2,(H,38,39)/t15-,16-,22?,25?. The monoisotopic (exact) mass is 669 g/mol. The highest BCUT2D eigenvalue weighted by Crippen LogP contribution is 2.56. The van der Waals surface area contributed by atoms with Crippen molar-refractivity contribution < 1.29 is 59.3 Å². The zero-order valence-corrected chi connectivity index (χ0v) is 24.2. The van der Waals surface area contributed by atoms with Crippen LogP contribution >= 0.6 is 11.6 Å². The second kappa shape index (κ2) is 10.8. The van der Waals surface area contributed by atoms with Crippen LogP contribution in [0.4, 0.5) is 26.3 Å². The summed E-state index contributed by atoms with van der Waals surface area (Å²) >= 11 is 5.94. The zero-order valence-electron chi connectivity index (χ0n) is 22.7. The van der Waals surface area contributed by atoms with Gasteiger partial charge in [-0.05, 0) is 62.4 Å². The molecule has 1 saturated carbocycles. The molecule has 0 bridgehead atoms. The first-order valence-electron chi connectivity index (χ1n) is 13.5. The van der Waals surface area contributed by atoms with Crippen molar-refractivity contribution in [2.24, 2.45) is 11.8 Å². The fourth-order valence-electron chi connectivity index (χ4n) is 6.64. The molecule has 2 aliphatic heterocycles. The number of fused-ring (bicyclic) bond motifs is 3. The zero-order chi connectivity index (χ0) is 32.5. The highest BCUT2D eigenvalue weighted by Gasteiger charge is 2.72. The third-order valence-corrected chi connectivity index (χ3v) is 11.8. The summed E-state index contributed by atoms with van der Waals surface area (Å²) in [7, 11) is -4.53. The minimum atomic E-state index is -6.18. The second-order valence-corrected chi connectivity index (χ2v) is 13.9. The number of likely N-dealkylation sites (tertiary alicyclic amines) is 1. The number of nitrogens with zero attached hydrogens (tertiary/aromatic N) is 1. The van der Waals surface area contributed by atoms with Crippen LogP contribution in [0.5, 0.6) is 5.75 Å². The first-order chi connectivity index (χ1) is 20.4. The van der Waals surface area contributed by atoms with Crippen molar-refractivity contribution in [3.63, 3.8) is 0 Å². The molecule has 1 aliphatic carbocycles. The summed E-state index contributed by atoms with van der Waals surface area (Å²) < 4.78 is 114. The van der Waals surface area contributed by atoms with Gasteiger partial charge in [0.25, 0.3) is 5.60 Å². The van der Waals surface area contributed by atoms with Crippen LogP contribution in [0.2, 0.25) is 5.02 Å². The van der Waals surface area contributed by atoms with Crippen LogP contribution < -0.4 is 4.74 Å². The highest BCUT2D eigenvalue weighted by molar-refractivity contribution is 7.92. The number of halogens is 7. The van der Waals surface area contributed by atoms with E-state index in [0.29, 0.717) is 12.1 Å². The Morgan fingerprint density at radius 3 is 2.05 bits per heavy atom. The molecule has 16 heteroatoms. The first-order valence-corrected chi connectivity index (χ1v) is 15.4. The summed E-state index contributed by atoms with van der Waals surface area (Å²) in [6.07, 6.45) is -11.7. The molecule has 2 N–H and O–H groups in total. The van der Waals surface area contributed by atoms with Crippen molar-refractivity contribution in [3.8, 4) is 5.75 Å². The SMILES string of the molecule is O=C(O)[C@H]1CC[C@H](C(=O)N2CCC3(S(=O)(=O)c4ccc(Cl)cc4)c4ccc(C(O)(C(F)(F)F)C(F)(F)F)cc4OCC23)CC1. The van der Waals surface area contributed by atoms with Gasteiger partial charge in [0.1, 0.15) is 17.1 Å². The van der Waals surface area contributed by atoms with E-state index in [4.69, 9.17) is 16.3 Å². The van der Waals surface area contributed by atoms with Gasteiger partial charge in [0.05, 0.1) is 16.9 Å². The van der Waals surface area contributed by atoms with E-state index < -0.39 is 80.2 Å². The van der Waals surface area contributed by atoms with Crippen molar-refractivity contribution in [2.75, 3.05) is 13.2 Å². The van der Waals surface area contributed by atoms with Crippen LogP contribution in [0.1, 0.15) is 43.2 Å². The van der Waals surface area contributed by atoms with E-state index in [1.807, 2.05) is 0 Å². The molecule has 44 heavy (non-hydrogen) atoms. The van der Waals surface area contributed by atoms with E-state index >= 15 is 0 Å². The number of sulfone groups is 1. The average molecular weight is 670 g/mol. The van der Waals surface area contributed by atoms with Crippen molar-refractivity contribution in [1.29, 1.82) is 0 Å². The third-order valence-electron chi connectivity index (χ3n) is 9.02. The fraction of sp³-hybridized carbons (Fsp3) is 0.500. The fourth-order valence-corrected chi connectivity index (χ4v) is 9.05. The normalized spacial score (nSPS) is 26.0. The quantitative estimate of drug-likeness (QED) is 0.420. The van der Waals surface area contributed by atoms with Gasteiger partial charge >= 0.3 is 18.3 Å². The number of carbonyl (C=O) groups excluding carboxylic acids is 1. The summed E-state index contributed by atoms with van der Waals surface area (Å²) in [6.45, 7) is -0.718. The maximum Gasteiger partial charge on any atom is 0.430 e. The molecule has 1 amide bonds. The van der Waals surface area contributed by atoms with Gasteiger partial charge in [-0.25, -0.2) is 8.42 Å². The molecule has 0 radical (unpaired) electrons. The summed E-state index contributed by atoms with van der Waals surface area (Å²) in [5.74, 6) is -3.27. The molecule has 3 aliphatic rings. The molecule has 2 unspecified atom stereocenters. The molecule has 240 valence electrons. The Morgan fingerprint density at radius 2 is 1.50 bits per heavy atom. The smallest absolute Gasteiger partial charge is 0.430 e. The Hall–Kier alpha value is -3.04. The molecule has 2 atom stereocenters. The Balaban J connectivity index is 1.62. The number of aliphatic hydroxyl groups is 1. The van der Waals surface area contributed by atoms with Crippen LogP contribution in [-0.2, 0) is 29.8 Å². The largest absolute Gasteiger partial charge is 0.491 e. The van der Waals surface area contributed by atoms with Crippen molar-refractivity contribution in [1.82, 2.24) is 4.90 Å². The summed E-state index contributed by atoms with van der Waals surface area (Å²) in [5.41, 5.74) is -7.15. The number of rotatable bonds is 5. The van der Waals surface area contributed by atoms with Crippen LogP contribution in [0, 0.1) is 11.8 Å². The predicted molar refractivity (Wildman–Crippen MR) is 141 cm³/mol. The molecular weight excluding hydrogens is 644 g/mol. The number of benzene rings is 2. The van der Waals surface area contributed by atoms with Gasteiger partial charge in [0.15, 0.2) is 9.84 Å². The molecule has 2 heterocycles. The van der Waals surface area contributed by atoms with E-state index in [1.165, 1.54) is 29.2 Å². The Kier molecular flexibility index (Phi) is 7.94. The molecule has 0 aromatic heterocycles. The lowest BCUT2D eigenvalue weighted by molar-refractivity contribution is -0.376. The van der Waals surface area contributed by atoms with Gasteiger partial charge in [0.2, 0.25) is 5.91 Å². The number of carboxylic acid groups (broad SMARTS) is 1. The summed E-state index contributed by atoms with van der Waals surface area (Å²) in [6, 6.07) is 5.25. The van der Waals surface area contributed by atoms with Crippen molar-refractivity contribution in [3.05, 3.63) is 58.6 Å². The second-order valence-electron chi connectivity index (χ2n) is 11.3. The molecule has 0 spiro atoms. The minimum Gasteiger partial charge on any atom is -0.491 e. The topological polar surface area (TPSA) is 121 Å². The number of carbonyl (C=O) groups is 2. The minimum absolute atomic E-state index is 0.130. The van der Waals surface area contributed by atoms with Gasteiger partial charge in [0, 0.05) is 28.6 Å². The Morgan fingerprint density at radius 1 is 0.932 bits per heavy atom. The van der Waals surface area contributed by atoms with Crippen molar-refractivity contribution in [2.45, 2.75) is 65.7 Å². The molecule has 2 fully saturated rings. The molecule has 2 aromatic carbocycles. The maximum absolute atomic E-state index is 14.4. The number of amides is 1. The van der Waals surface area contributed by atoms with Crippen LogP contribution in [-0.4, -0.2) is 67.0 Å². The van der Waals surface area contributed by atoms with Crippen LogP contribution in [0.25, 0.3) is 0 Å². The third kappa shape index (κ3) is 4.82. The highest BCUT2D eigenvalue weighted by atomic mass is 35.5. The van der Waals surface area contributed by atoms with Gasteiger partial charge in [-0.3, -0.25) is 9.59 Å². The van der Waals surface area contributed by atoms with E-state index in [9.17, 15) is 54.6 Å². The number of hydrogen-bond acceptors (Lipinski definition) is 6. The van der Waals surface area contributed by atoms with Gasteiger partial charge < -0.3 is 19.8 Å². The van der Waals surface area contributed by atoms with Crippen LogP contribution in [0.3, 0.4) is 0 Å². The van der Waals surface area contributed by atoms with E-state index in [1.54, 1.807) is 0 Å². The number of alkyl halides is 6. The summed E-state index contributed by atoms with van der Waals surface area (Å²) in [5, 5.41) is 19.5. The number of hydrogen-bond donors (Lipinski definition) is 2. The first kappa shape index (κ1) is 32.4. The summed E-state index contributed by atoms with van der Waals surface area (Å²) in [4.78, 5) is 26.2. The lowest BCUT2D eigenvalue weighted by Gasteiger charge is -2.43. The van der Waals surface area contributed by atoms with Gasteiger partial charge in [-0.1, -0.05) is 23.7 Å². The van der Waals surface area contributed by atoms with E-state index in [2.05, 4.69) is 0 Å². The lowest BCUT2D eigenvalue weighted by Crippen LogP contribution is -2.56. The van der Waals surface area contributed by atoms with Crippen LogP contribution in [0.15, 0.2) is 47.4 Å². The predicted octanol–water partition coefficient (Wildman–Crippen LogP) is 5.21. The number of carboxylic acids is 1. The van der Waals surface area contributed by atoms with Gasteiger partial charge in [-0.15, -0.1) is 0 Å². The maximum atomic E-state index is 14.4. The van der Waals surface area contributed by atoms with E-state index in [-0.39, 0.29) is 54.1 Å². The molecule has 8 nitrogen and oxygen atoms in total. The Labute approximate surface area is 252 Å². The molecule has 2 aromatic rings. The molecular formula is C28H26ClF6NO7S. The Bertz CT molecular complexity index is 1560. The van der Waals surface area contributed by atoms with Gasteiger partial charge in [-0.2, -0.15) is 26.3 Å².